The molecule has 5 heterocycles. The molecule has 3 aliphatic heterocycles. The maximum atomic E-state index is 13.3. The minimum atomic E-state index is -0.171. The van der Waals surface area contributed by atoms with Gasteiger partial charge in [-0.2, -0.15) is 0 Å². The Kier molecular flexibility index (Phi) is 4.84. The van der Waals surface area contributed by atoms with Crippen molar-refractivity contribution in [1.82, 2.24) is 19.4 Å². The second kappa shape index (κ2) is 7.86. The first-order valence-corrected chi connectivity index (χ1v) is 11.3. The minimum absolute atomic E-state index is 0.113. The number of carbonyl (C=O) groups is 1. The van der Waals surface area contributed by atoms with Crippen LogP contribution in [-0.2, 0) is 17.8 Å². The molecule has 0 unspecified atom stereocenters. The lowest BCUT2D eigenvalue weighted by Gasteiger charge is -2.42. The lowest BCUT2D eigenvalue weighted by molar-refractivity contribution is 0.0338. The van der Waals surface area contributed by atoms with Crippen LogP contribution in [0.25, 0.3) is 11.1 Å². The summed E-state index contributed by atoms with van der Waals surface area (Å²) in [5.74, 6) is 0.381. The fourth-order valence-corrected chi connectivity index (χ4v) is 5.38. The normalized spacial score (nSPS) is 23.3. The third-order valence-corrected chi connectivity index (χ3v) is 6.94. The Morgan fingerprint density at radius 3 is 2.75 bits per heavy atom. The predicted octanol–water partition coefficient (Wildman–Crippen LogP) is 2.08. The Hall–Kier alpha value is -2.97. The van der Waals surface area contributed by atoms with Crippen LogP contribution in [0.4, 0.5) is 0 Å². The number of para-hydroxylation sites is 2. The van der Waals surface area contributed by atoms with E-state index in [4.69, 9.17) is 9.15 Å². The highest BCUT2D eigenvalue weighted by Crippen LogP contribution is 2.36. The number of aromatic nitrogens is 2. The molecule has 8 nitrogen and oxygen atoms in total. The van der Waals surface area contributed by atoms with E-state index >= 15 is 0 Å². The van der Waals surface area contributed by atoms with Gasteiger partial charge in [0.25, 0.3) is 11.4 Å². The number of morpholine rings is 1. The molecule has 2 fully saturated rings. The molecule has 0 spiro atoms. The van der Waals surface area contributed by atoms with Gasteiger partial charge in [0.1, 0.15) is 5.52 Å². The van der Waals surface area contributed by atoms with Crippen molar-refractivity contribution in [2.24, 2.45) is 5.92 Å². The molecule has 6 rings (SSSR count). The number of ether oxygens (including phenoxy) is 1. The highest BCUT2D eigenvalue weighted by molar-refractivity contribution is 5.92. The molecular weight excluding hydrogens is 408 g/mol. The van der Waals surface area contributed by atoms with Gasteiger partial charge in [-0.15, -0.1) is 0 Å². The number of hydrogen-bond acceptors (Lipinski definition) is 6. The lowest BCUT2D eigenvalue weighted by Crippen LogP contribution is -2.49. The highest BCUT2D eigenvalue weighted by atomic mass is 16.5. The quantitative estimate of drug-likeness (QED) is 0.628. The second-order valence-electron chi connectivity index (χ2n) is 9.08. The van der Waals surface area contributed by atoms with Crippen LogP contribution in [0.1, 0.15) is 34.3 Å². The van der Waals surface area contributed by atoms with E-state index < -0.39 is 0 Å². The van der Waals surface area contributed by atoms with Crippen molar-refractivity contribution in [2.45, 2.75) is 25.4 Å². The van der Waals surface area contributed by atoms with Gasteiger partial charge in [-0.1, -0.05) is 18.2 Å². The van der Waals surface area contributed by atoms with E-state index in [2.05, 4.69) is 16.0 Å². The first-order chi connectivity index (χ1) is 15.7. The number of fused-ring (bicyclic) bond motifs is 5. The zero-order valence-corrected chi connectivity index (χ0v) is 17.9. The van der Waals surface area contributed by atoms with Gasteiger partial charge >= 0.3 is 5.91 Å². The van der Waals surface area contributed by atoms with Crippen molar-refractivity contribution >= 4 is 17.0 Å². The summed E-state index contributed by atoms with van der Waals surface area (Å²) in [4.78, 5) is 34.9. The number of piperidine rings is 1. The third kappa shape index (κ3) is 3.43. The Balaban J connectivity index is 1.24. The molecule has 1 amide bonds. The minimum Gasteiger partial charge on any atom is -0.432 e. The molecule has 0 N–H and O–H groups in total. The Morgan fingerprint density at radius 2 is 1.91 bits per heavy atom. The van der Waals surface area contributed by atoms with Gasteiger partial charge in [0.05, 0.1) is 13.2 Å². The van der Waals surface area contributed by atoms with Gasteiger partial charge in [0.15, 0.2) is 5.58 Å². The van der Waals surface area contributed by atoms with Crippen LogP contribution in [0.5, 0.6) is 0 Å². The van der Waals surface area contributed by atoms with Gasteiger partial charge in [0.2, 0.25) is 0 Å². The van der Waals surface area contributed by atoms with Crippen molar-refractivity contribution in [3.05, 3.63) is 63.9 Å². The third-order valence-electron chi connectivity index (χ3n) is 6.94. The zero-order chi connectivity index (χ0) is 21.7. The predicted molar refractivity (Wildman–Crippen MR) is 118 cm³/mol. The van der Waals surface area contributed by atoms with E-state index in [0.717, 1.165) is 44.0 Å². The van der Waals surface area contributed by atoms with Crippen molar-refractivity contribution in [1.29, 1.82) is 0 Å². The van der Waals surface area contributed by atoms with Crippen LogP contribution >= 0.6 is 0 Å². The summed E-state index contributed by atoms with van der Waals surface area (Å²) in [6, 6.07) is 11.5. The van der Waals surface area contributed by atoms with E-state index in [0.29, 0.717) is 37.3 Å². The average Bonchev–Trinajstić information content (AvgIpc) is 3.26. The van der Waals surface area contributed by atoms with Gasteiger partial charge in [-0.05, 0) is 30.5 Å². The number of benzene rings is 1. The summed E-state index contributed by atoms with van der Waals surface area (Å²) in [6.07, 6.45) is 1.000. The molecule has 2 saturated heterocycles. The summed E-state index contributed by atoms with van der Waals surface area (Å²) in [5, 5.41) is 0. The molecule has 2 aromatic heterocycles. The van der Waals surface area contributed by atoms with Crippen LogP contribution in [0.3, 0.4) is 0 Å². The maximum absolute atomic E-state index is 13.3. The van der Waals surface area contributed by atoms with Gasteiger partial charge in [0, 0.05) is 56.4 Å². The van der Waals surface area contributed by atoms with Crippen LogP contribution in [0, 0.1) is 5.92 Å². The highest BCUT2D eigenvalue weighted by Gasteiger charge is 2.38. The number of pyridine rings is 1. The number of oxazole rings is 1. The van der Waals surface area contributed by atoms with Crippen molar-refractivity contribution in [3.8, 4) is 0 Å². The summed E-state index contributed by atoms with van der Waals surface area (Å²) in [7, 11) is 0. The molecule has 3 aliphatic rings. The number of rotatable bonds is 3. The Bertz CT molecular complexity index is 1190. The first-order valence-electron chi connectivity index (χ1n) is 11.3. The molecule has 0 radical (unpaired) electrons. The number of nitrogens with zero attached hydrogens (tertiary/aromatic N) is 4. The van der Waals surface area contributed by atoms with E-state index in [-0.39, 0.29) is 29.2 Å². The Morgan fingerprint density at radius 1 is 1.06 bits per heavy atom. The van der Waals surface area contributed by atoms with Crippen LogP contribution in [-0.4, -0.2) is 64.7 Å². The first kappa shape index (κ1) is 19.7. The van der Waals surface area contributed by atoms with E-state index in [1.54, 1.807) is 0 Å². The summed E-state index contributed by atoms with van der Waals surface area (Å²) < 4.78 is 13.1. The number of likely N-dealkylation sites (tertiary alicyclic amines) is 1. The van der Waals surface area contributed by atoms with E-state index in [9.17, 15) is 9.59 Å². The molecule has 3 aromatic rings. The van der Waals surface area contributed by atoms with Gasteiger partial charge < -0.3 is 18.6 Å². The molecule has 0 saturated carbocycles. The molecule has 8 heteroatoms. The molecule has 2 bridgehead atoms. The monoisotopic (exact) mass is 434 g/mol. The molecule has 166 valence electrons. The maximum Gasteiger partial charge on any atom is 0.309 e. The average molecular weight is 434 g/mol. The van der Waals surface area contributed by atoms with Crippen LogP contribution < -0.4 is 5.56 Å². The standard InChI is InChI=1S/C24H26N4O4/c29-23-17(14-26-7-9-31-10-8-26)5-6-20-18-11-16(13-28(20)23)12-27(15-18)24(30)22-25-19-3-1-2-4-21(19)32-22/h1-6,16,18H,7-15H2/t16-,18+/m0/s1. The molecular formula is C24H26N4O4. The largest absolute Gasteiger partial charge is 0.432 e. The summed E-state index contributed by atoms with van der Waals surface area (Å²) in [6.45, 7) is 5.68. The van der Waals surface area contributed by atoms with E-state index in [1.807, 2.05) is 39.8 Å². The van der Waals surface area contributed by atoms with Crippen molar-refractivity contribution < 1.29 is 13.9 Å². The molecule has 2 atom stereocenters. The van der Waals surface area contributed by atoms with Gasteiger partial charge in [-0.3, -0.25) is 14.5 Å². The zero-order valence-electron chi connectivity index (χ0n) is 17.9. The van der Waals surface area contributed by atoms with Crippen molar-refractivity contribution in [2.75, 3.05) is 39.4 Å². The lowest BCUT2D eigenvalue weighted by atomic mass is 9.83. The summed E-state index contributed by atoms with van der Waals surface area (Å²) >= 11 is 0. The Labute approximate surface area is 185 Å². The molecule has 32 heavy (non-hydrogen) atoms. The fraction of sp³-hybridized carbons (Fsp3) is 0.458. The van der Waals surface area contributed by atoms with Gasteiger partial charge in [-0.25, -0.2) is 4.98 Å². The smallest absolute Gasteiger partial charge is 0.309 e. The number of amides is 1. The number of hydrogen-bond donors (Lipinski definition) is 0. The summed E-state index contributed by atoms with van der Waals surface area (Å²) in [5.41, 5.74) is 3.31. The molecule has 1 aromatic carbocycles. The number of carbonyl (C=O) groups excluding carboxylic acids is 1. The fourth-order valence-electron chi connectivity index (χ4n) is 5.38. The van der Waals surface area contributed by atoms with E-state index in [1.165, 1.54) is 0 Å². The van der Waals surface area contributed by atoms with Crippen LogP contribution in [0.2, 0.25) is 0 Å². The second-order valence-corrected chi connectivity index (χ2v) is 9.08. The topological polar surface area (TPSA) is 80.8 Å². The molecule has 0 aliphatic carbocycles. The van der Waals surface area contributed by atoms with Crippen LogP contribution in [0.15, 0.2) is 45.6 Å². The van der Waals surface area contributed by atoms with Crippen molar-refractivity contribution in [3.63, 3.8) is 0 Å². The SMILES string of the molecule is O=C(c1nc2ccccc2o1)N1C[C@@H]2C[C@H](C1)c1ccc(CN3CCOCC3)c(=O)n1C2.